The molecule has 47 heavy (non-hydrogen) atoms. The number of fused-ring (bicyclic) bond motifs is 1. The van der Waals surface area contributed by atoms with Gasteiger partial charge >= 0.3 is 6.03 Å². The lowest BCUT2D eigenvalue weighted by atomic mass is 9.81. The third-order valence-electron chi connectivity index (χ3n) is 10.7. The van der Waals surface area contributed by atoms with Crippen LogP contribution in [0.1, 0.15) is 83.5 Å². The van der Waals surface area contributed by atoms with Crippen molar-refractivity contribution >= 4 is 35.3 Å². The van der Waals surface area contributed by atoms with Crippen LogP contribution in [0.5, 0.6) is 0 Å². The molecule has 254 valence electrons. The Balaban J connectivity index is 1.34. The highest BCUT2D eigenvalue weighted by Crippen LogP contribution is 2.65. The first-order valence-corrected chi connectivity index (χ1v) is 16.9. The van der Waals surface area contributed by atoms with Gasteiger partial charge in [-0.2, -0.15) is 0 Å². The van der Waals surface area contributed by atoms with E-state index in [4.69, 9.17) is 5.73 Å². The first kappa shape index (κ1) is 34.3. The quantitative estimate of drug-likeness (QED) is 0.154. The number of nitrogens with zero attached hydrogens (tertiary/aromatic N) is 1. The lowest BCUT2D eigenvalue weighted by Gasteiger charge is -2.38. The number of urea groups is 1. The van der Waals surface area contributed by atoms with Crippen LogP contribution in [0.2, 0.25) is 0 Å². The first-order chi connectivity index (χ1) is 22.1. The third-order valence-corrected chi connectivity index (χ3v) is 10.7. The maximum atomic E-state index is 14.4. The summed E-state index contributed by atoms with van der Waals surface area (Å²) in [6.45, 7) is 9.93. The van der Waals surface area contributed by atoms with Gasteiger partial charge in [-0.1, -0.05) is 96.4 Å². The fourth-order valence-corrected chi connectivity index (χ4v) is 7.76. The van der Waals surface area contributed by atoms with Gasteiger partial charge in [-0.25, -0.2) is 4.79 Å². The van der Waals surface area contributed by atoms with E-state index < -0.39 is 59.1 Å². The second-order valence-electron chi connectivity index (χ2n) is 15.5. The molecule has 5 N–H and O–H groups in total. The summed E-state index contributed by atoms with van der Waals surface area (Å²) in [5.41, 5.74) is 4.86. The summed E-state index contributed by atoms with van der Waals surface area (Å²) >= 11 is 0. The number of Topliss-reactive ketones (excluding diaryl/α,β-unsaturated/α-hetero) is 2. The molecule has 11 nitrogen and oxygen atoms in total. The van der Waals surface area contributed by atoms with E-state index in [0.29, 0.717) is 12.1 Å². The van der Waals surface area contributed by atoms with E-state index in [1.54, 1.807) is 24.3 Å². The fraction of sp³-hybridized carbons (Fsp3) is 0.611. The van der Waals surface area contributed by atoms with Gasteiger partial charge in [0.25, 0.3) is 5.91 Å². The molecule has 3 fully saturated rings. The van der Waals surface area contributed by atoms with Crippen LogP contribution in [-0.4, -0.2) is 70.9 Å². The van der Waals surface area contributed by atoms with Crippen molar-refractivity contribution in [2.24, 2.45) is 40.2 Å². The summed E-state index contributed by atoms with van der Waals surface area (Å²) in [4.78, 5) is 81.5. The first-order valence-electron chi connectivity index (χ1n) is 16.9. The Labute approximate surface area is 276 Å². The number of primary amides is 1. The lowest BCUT2D eigenvalue weighted by molar-refractivity contribution is -0.145. The monoisotopic (exact) mass is 647 g/mol. The van der Waals surface area contributed by atoms with Gasteiger partial charge in [0, 0.05) is 12.1 Å². The summed E-state index contributed by atoms with van der Waals surface area (Å²) in [7, 11) is 0. The fourth-order valence-electron chi connectivity index (χ4n) is 7.76. The zero-order valence-electron chi connectivity index (χ0n) is 28.1. The van der Waals surface area contributed by atoms with Crippen molar-refractivity contribution in [1.82, 2.24) is 20.9 Å². The Morgan fingerprint density at radius 2 is 1.57 bits per heavy atom. The molecule has 6 atom stereocenters. The number of hydrogen-bond acceptors (Lipinski definition) is 6. The van der Waals surface area contributed by atoms with Crippen molar-refractivity contribution in [3.05, 3.63) is 48.0 Å². The van der Waals surface area contributed by atoms with Crippen molar-refractivity contribution in [2.75, 3.05) is 6.54 Å². The number of benzene rings is 1. The molecule has 0 radical (unpaired) electrons. The molecule has 5 amide bonds. The molecule has 1 aromatic carbocycles. The van der Waals surface area contributed by atoms with E-state index in [1.165, 1.54) is 4.90 Å². The van der Waals surface area contributed by atoms with E-state index in [9.17, 15) is 28.8 Å². The number of nitrogens with two attached hydrogens (primary N) is 1. The van der Waals surface area contributed by atoms with Crippen molar-refractivity contribution < 1.29 is 28.8 Å². The van der Waals surface area contributed by atoms with Crippen molar-refractivity contribution in [1.29, 1.82) is 0 Å². The third kappa shape index (κ3) is 7.44. The molecule has 1 unspecified atom stereocenters. The molecular formula is C36H49N5O6. The van der Waals surface area contributed by atoms with Crippen LogP contribution in [0, 0.1) is 34.5 Å². The minimum absolute atomic E-state index is 0.00535. The predicted octanol–water partition coefficient (Wildman–Crippen LogP) is 3.13. The number of rotatable bonds is 12. The van der Waals surface area contributed by atoms with Crippen molar-refractivity contribution in [3.8, 4) is 0 Å². The molecule has 0 spiro atoms. The summed E-state index contributed by atoms with van der Waals surface area (Å²) in [6, 6.07) is 4.55. The molecule has 1 aliphatic heterocycles. The van der Waals surface area contributed by atoms with Gasteiger partial charge in [-0.3, -0.25) is 24.0 Å². The molecule has 2 saturated carbocycles. The highest BCUT2D eigenvalue weighted by atomic mass is 16.2. The largest absolute Gasteiger partial charge is 0.363 e. The Hall–Kier alpha value is -4.02. The van der Waals surface area contributed by atoms with Gasteiger partial charge in [0.15, 0.2) is 5.78 Å². The van der Waals surface area contributed by atoms with Gasteiger partial charge in [-0.05, 0) is 53.8 Å². The standard InChI is InChI=1S/C36H49N5O6/c1-35(2,3)30(40-34(47)39-26(21-12-8-6-9-13-21)28(42)22-14-10-7-11-15-22)33(46)41-19-23-25(36(23,4)5)27(41)32(45)38-24(18-20-16-17-20)29(43)31(37)44/h7,10-11,14-17,20-21,23-27,30H,6,8-9,12-13,18-19H2,1-5H3,(H2,37,44)(H,38,45)(H2,39,40,47)/t23-,24?,25-,26-,27-,30+/m0/s1. The number of hydrogen-bond donors (Lipinski definition) is 4. The van der Waals surface area contributed by atoms with Crippen LogP contribution in [0.25, 0.3) is 0 Å². The highest BCUT2D eigenvalue weighted by Gasteiger charge is 2.70. The van der Waals surface area contributed by atoms with Crippen molar-refractivity contribution in [3.63, 3.8) is 0 Å². The van der Waals surface area contributed by atoms with Crippen molar-refractivity contribution in [2.45, 2.75) is 97.3 Å². The Morgan fingerprint density at radius 1 is 0.936 bits per heavy atom. The maximum absolute atomic E-state index is 14.4. The van der Waals surface area contributed by atoms with Crippen LogP contribution < -0.4 is 21.7 Å². The van der Waals surface area contributed by atoms with E-state index in [-0.39, 0.29) is 41.3 Å². The molecule has 4 aliphatic rings. The average molecular weight is 648 g/mol. The van der Waals surface area contributed by atoms with E-state index in [2.05, 4.69) is 16.0 Å². The van der Waals surface area contributed by atoms with Gasteiger partial charge in [0.1, 0.15) is 12.1 Å². The average Bonchev–Trinajstić information content (AvgIpc) is 3.89. The van der Waals surface area contributed by atoms with E-state index in [0.717, 1.165) is 32.1 Å². The van der Waals surface area contributed by atoms with Gasteiger partial charge in [-0.15, -0.1) is 0 Å². The lowest BCUT2D eigenvalue weighted by Crippen LogP contribution is -2.62. The minimum Gasteiger partial charge on any atom is -0.363 e. The Kier molecular flexibility index (Phi) is 9.67. The number of nitrogens with one attached hydrogen (secondary N) is 3. The number of carbonyl (C=O) groups excluding carboxylic acids is 6. The van der Waals surface area contributed by atoms with E-state index >= 15 is 0 Å². The molecule has 1 heterocycles. The summed E-state index contributed by atoms with van der Waals surface area (Å²) in [5.74, 6) is -3.21. The molecule has 0 bridgehead atoms. The number of allylic oxidation sites excluding steroid dienone is 2. The molecule has 11 heteroatoms. The smallest absolute Gasteiger partial charge is 0.316 e. The normalized spacial score (nSPS) is 25.1. The van der Waals surface area contributed by atoms with Crippen LogP contribution in [0.3, 0.4) is 0 Å². The second-order valence-corrected chi connectivity index (χ2v) is 15.5. The predicted molar refractivity (Wildman–Crippen MR) is 176 cm³/mol. The number of piperidine rings is 1. The number of likely N-dealkylation sites (tertiary alicyclic amines) is 1. The minimum atomic E-state index is -1.12. The Bertz CT molecular complexity index is 1440. The van der Waals surface area contributed by atoms with Crippen LogP contribution in [-0.2, 0) is 19.2 Å². The zero-order valence-corrected chi connectivity index (χ0v) is 28.1. The molecule has 3 aliphatic carbocycles. The molecular weight excluding hydrogens is 598 g/mol. The Morgan fingerprint density at radius 3 is 2.15 bits per heavy atom. The SMILES string of the molecule is CC(C)(C)[C@H](NC(=O)N[C@H](C(=O)c1ccccc1)C1CCCCC1)C(=O)N1C[C@H]2[C@@H]([C@H]1C(=O)NC(CC1C=C1)C(=O)C(N)=O)C2(C)C. The molecule has 1 saturated heterocycles. The molecule has 5 rings (SSSR count). The summed E-state index contributed by atoms with van der Waals surface area (Å²) < 4.78 is 0. The van der Waals surface area contributed by atoms with Gasteiger partial charge in [0.05, 0.1) is 12.1 Å². The zero-order chi connectivity index (χ0) is 34.3. The number of carbonyl (C=O) groups is 6. The molecule has 1 aromatic rings. The highest BCUT2D eigenvalue weighted by molar-refractivity contribution is 6.37. The topological polar surface area (TPSA) is 168 Å². The van der Waals surface area contributed by atoms with Crippen LogP contribution >= 0.6 is 0 Å². The summed E-state index contributed by atoms with van der Waals surface area (Å²) in [5, 5.41) is 8.55. The van der Waals surface area contributed by atoms with Gasteiger partial charge in [0.2, 0.25) is 17.6 Å². The number of amides is 5. The molecule has 0 aromatic heterocycles. The summed E-state index contributed by atoms with van der Waals surface area (Å²) in [6.07, 6.45) is 8.67. The second kappa shape index (κ2) is 13.2. The maximum Gasteiger partial charge on any atom is 0.316 e. The van der Waals surface area contributed by atoms with Crippen LogP contribution in [0.4, 0.5) is 4.79 Å². The van der Waals surface area contributed by atoms with E-state index in [1.807, 2.05) is 52.8 Å². The van der Waals surface area contributed by atoms with Crippen LogP contribution in [0.15, 0.2) is 42.5 Å². The number of ketones is 2. The van der Waals surface area contributed by atoms with Gasteiger partial charge < -0.3 is 26.6 Å².